The number of amides is 1. The molecule has 0 bridgehead atoms. The molecule has 5 nitrogen and oxygen atoms in total. The summed E-state index contributed by atoms with van der Waals surface area (Å²) in [4.78, 5) is 22.9. The summed E-state index contributed by atoms with van der Waals surface area (Å²) in [7, 11) is 1.57. The van der Waals surface area contributed by atoms with Crippen molar-refractivity contribution < 1.29 is 19.4 Å². The molecule has 1 aliphatic rings. The maximum atomic E-state index is 11.9. The van der Waals surface area contributed by atoms with Gasteiger partial charge in [-0.15, -0.1) is 0 Å². The Morgan fingerprint density at radius 1 is 1.45 bits per heavy atom. The van der Waals surface area contributed by atoms with Crippen molar-refractivity contribution in [3.8, 4) is 5.75 Å². The molecule has 0 heterocycles. The summed E-state index contributed by atoms with van der Waals surface area (Å²) in [5, 5.41) is 11.7. The molecule has 1 aromatic rings. The van der Waals surface area contributed by atoms with Crippen molar-refractivity contribution >= 4 is 27.8 Å². The molecule has 0 saturated heterocycles. The highest BCUT2D eigenvalue weighted by Crippen LogP contribution is 2.45. The van der Waals surface area contributed by atoms with Crippen molar-refractivity contribution in [2.45, 2.75) is 19.3 Å². The lowest BCUT2D eigenvalue weighted by Gasteiger charge is -2.12. The number of hydrogen-bond donors (Lipinski definition) is 2. The van der Waals surface area contributed by atoms with Gasteiger partial charge in [-0.3, -0.25) is 9.59 Å². The van der Waals surface area contributed by atoms with Crippen molar-refractivity contribution in [2.75, 3.05) is 13.7 Å². The summed E-state index contributed by atoms with van der Waals surface area (Å²) in [6.07, 6.45) is 1.45. The second kappa shape index (κ2) is 5.83. The molecule has 108 valence electrons. The fourth-order valence-corrected chi connectivity index (χ4v) is 2.32. The van der Waals surface area contributed by atoms with E-state index in [1.807, 2.05) is 6.07 Å². The number of carbonyl (C=O) groups excluding carboxylic acids is 1. The molecule has 1 fully saturated rings. The number of benzene rings is 1. The molecule has 1 aromatic carbocycles. The summed E-state index contributed by atoms with van der Waals surface area (Å²) in [6.45, 7) is 0.197. The molecular formula is C14H16BrNO4. The Balaban J connectivity index is 1.93. The third-order valence-corrected chi connectivity index (χ3v) is 4.31. The maximum absolute atomic E-state index is 11.9. The number of nitrogens with one attached hydrogen (secondary N) is 1. The highest BCUT2D eigenvalue weighted by molar-refractivity contribution is 9.10. The fraction of sp³-hybridized carbons (Fsp3) is 0.429. The van der Waals surface area contributed by atoms with Crippen LogP contribution in [0.3, 0.4) is 0 Å². The highest BCUT2D eigenvalue weighted by atomic mass is 79.9. The van der Waals surface area contributed by atoms with Gasteiger partial charge in [0.1, 0.15) is 5.75 Å². The average molecular weight is 342 g/mol. The second-order valence-electron chi connectivity index (χ2n) is 5.00. The molecule has 0 unspecified atom stereocenters. The van der Waals surface area contributed by atoms with Gasteiger partial charge in [0.25, 0.3) is 0 Å². The van der Waals surface area contributed by atoms with Gasteiger partial charge in [0.15, 0.2) is 0 Å². The highest BCUT2D eigenvalue weighted by Gasteiger charge is 2.50. The molecule has 0 radical (unpaired) electrons. The Labute approximate surface area is 125 Å². The van der Waals surface area contributed by atoms with Crippen LogP contribution in [0, 0.1) is 5.41 Å². The number of rotatable bonds is 6. The molecule has 0 aromatic heterocycles. The van der Waals surface area contributed by atoms with E-state index in [9.17, 15) is 9.59 Å². The number of aliphatic carboxylic acids is 1. The number of halogens is 1. The predicted octanol–water partition coefficient (Wildman–Crippen LogP) is 1.98. The van der Waals surface area contributed by atoms with E-state index in [1.165, 1.54) is 0 Å². The van der Waals surface area contributed by atoms with E-state index in [0.717, 1.165) is 10.0 Å². The van der Waals surface area contributed by atoms with Crippen LogP contribution >= 0.6 is 15.9 Å². The van der Waals surface area contributed by atoms with Crippen molar-refractivity contribution in [1.82, 2.24) is 5.32 Å². The summed E-state index contributed by atoms with van der Waals surface area (Å²) >= 11 is 3.38. The van der Waals surface area contributed by atoms with E-state index in [4.69, 9.17) is 9.84 Å². The molecule has 2 rings (SSSR count). The van der Waals surface area contributed by atoms with Crippen LogP contribution in [0.4, 0.5) is 0 Å². The van der Waals surface area contributed by atoms with Crippen LogP contribution in [0.1, 0.15) is 18.4 Å². The molecule has 0 atom stereocenters. The smallest absolute Gasteiger partial charge is 0.311 e. The molecule has 2 N–H and O–H groups in total. The van der Waals surface area contributed by atoms with Gasteiger partial charge >= 0.3 is 5.97 Å². The van der Waals surface area contributed by atoms with Crippen molar-refractivity contribution in [3.63, 3.8) is 0 Å². The Morgan fingerprint density at radius 2 is 2.15 bits per heavy atom. The molecule has 6 heteroatoms. The number of hydrogen-bond acceptors (Lipinski definition) is 3. The number of carboxylic acids is 1. The first-order chi connectivity index (χ1) is 9.47. The van der Waals surface area contributed by atoms with Gasteiger partial charge in [-0.2, -0.15) is 0 Å². The summed E-state index contributed by atoms with van der Waals surface area (Å²) in [6, 6.07) is 5.41. The van der Waals surface area contributed by atoms with Gasteiger partial charge in [-0.1, -0.05) is 15.9 Å². The zero-order chi connectivity index (χ0) is 14.8. The average Bonchev–Trinajstić information content (AvgIpc) is 3.20. The van der Waals surface area contributed by atoms with Crippen LogP contribution in [0.5, 0.6) is 5.75 Å². The van der Waals surface area contributed by atoms with Crippen molar-refractivity contribution in [3.05, 3.63) is 28.2 Å². The van der Waals surface area contributed by atoms with Crippen LogP contribution in [0.15, 0.2) is 22.7 Å². The van der Waals surface area contributed by atoms with Gasteiger partial charge in [-0.25, -0.2) is 0 Å². The van der Waals surface area contributed by atoms with E-state index < -0.39 is 11.4 Å². The van der Waals surface area contributed by atoms with Gasteiger partial charge in [0.2, 0.25) is 5.91 Å². The third-order valence-electron chi connectivity index (χ3n) is 3.54. The van der Waals surface area contributed by atoms with Crippen LogP contribution in [-0.4, -0.2) is 30.6 Å². The van der Waals surface area contributed by atoms with E-state index >= 15 is 0 Å². The maximum Gasteiger partial charge on any atom is 0.311 e. The van der Waals surface area contributed by atoms with Gasteiger partial charge in [0.05, 0.1) is 18.9 Å². The van der Waals surface area contributed by atoms with Gasteiger partial charge in [-0.05, 0) is 36.6 Å². The standard InChI is InChI=1S/C14H16BrNO4/c1-20-10-2-3-11(15)9(6-10)7-12(17)16-8-14(4-5-14)13(18)19/h2-3,6H,4-5,7-8H2,1H3,(H,16,17)(H,18,19). The Morgan fingerprint density at radius 3 is 2.70 bits per heavy atom. The van der Waals surface area contributed by atoms with Crippen molar-refractivity contribution in [1.29, 1.82) is 0 Å². The third kappa shape index (κ3) is 3.30. The Bertz CT molecular complexity index is 540. The van der Waals surface area contributed by atoms with Gasteiger partial charge < -0.3 is 15.2 Å². The van der Waals surface area contributed by atoms with E-state index in [0.29, 0.717) is 18.6 Å². The Hall–Kier alpha value is -1.56. The largest absolute Gasteiger partial charge is 0.497 e. The minimum absolute atomic E-state index is 0.188. The monoisotopic (exact) mass is 341 g/mol. The molecule has 1 saturated carbocycles. The lowest BCUT2D eigenvalue weighted by molar-refractivity contribution is -0.143. The van der Waals surface area contributed by atoms with Crippen LogP contribution in [0.2, 0.25) is 0 Å². The molecule has 1 aliphatic carbocycles. The number of methoxy groups -OCH3 is 1. The van der Waals surface area contributed by atoms with E-state index in [1.54, 1.807) is 19.2 Å². The first kappa shape index (κ1) is 14.8. The first-order valence-corrected chi connectivity index (χ1v) is 7.09. The summed E-state index contributed by atoms with van der Waals surface area (Å²) in [5.74, 6) is -0.341. The normalized spacial score (nSPS) is 15.5. The zero-order valence-corrected chi connectivity index (χ0v) is 12.7. The summed E-state index contributed by atoms with van der Waals surface area (Å²) < 4.78 is 5.94. The number of carboxylic acid groups (broad SMARTS) is 1. The topological polar surface area (TPSA) is 75.6 Å². The molecule has 1 amide bonds. The SMILES string of the molecule is COc1ccc(Br)c(CC(=O)NCC2(C(=O)O)CC2)c1. The molecular weight excluding hydrogens is 326 g/mol. The minimum atomic E-state index is -0.833. The molecule has 0 spiro atoms. The second-order valence-corrected chi connectivity index (χ2v) is 5.85. The first-order valence-electron chi connectivity index (χ1n) is 6.29. The summed E-state index contributed by atoms with van der Waals surface area (Å²) in [5.41, 5.74) is 0.0726. The number of carbonyl (C=O) groups is 2. The molecule has 0 aliphatic heterocycles. The Kier molecular flexibility index (Phi) is 4.32. The lowest BCUT2D eigenvalue weighted by atomic mass is 10.1. The van der Waals surface area contributed by atoms with E-state index in [2.05, 4.69) is 21.2 Å². The minimum Gasteiger partial charge on any atom is -0.497 e. The molecule has 20 heavy (non-hydrogen) atoms. The van der Waals surface area contributed by atoms with Crippen LogP contribution < -0.4 is 10.1 Å². The van der Waals surface area contributed by atoms with E-state index in [-0.39, 0.29) is 18.9 Å². The predicted molar refractivity (Wildman–Crippen MR) is 76.7 cm³/mol. The fourth-order valence-electron chi connectivity index (χ4n) is 1.93. The zero-order valence-electron chi connectivity index (χ0n) is 11.1. The van der Waals surface area contributed by atoms with Gasteiger partial charge in [0, 0.05) is 11.0 Å². The van der Waals surface area contributed by atoms with Crippen molar-refractivity contribution in [2.24, 2.45) is 5.41 Å². The lowest BCUT2D eigenvalue weighted by Crippen LogP contribution is -2.35. The quantitative estimate of drug-likeness (QED) is 0.829. The number of ether oxygens (including phenoxy) is 1. The van der Waals surface area contributed by atoms with Crippen LogP contribution in [0.25, 0.3) is 0 Å². The van der Waals surface area contributed by atoms with Crippen LogP contribution in [-0.2, 0) is 16.0 Å².